The molecule has 0 aliphatic heterocycles. The summed E-state index contributed by atoms with van der Waals surface area (Å²) in [5.74, 6) is 0.989. The van der Waals surface area contributed by atoms with Crippen molar-refractivity contribution in [1.82, 2.24) is 14.9 Å². The van der Waals surface area contributed by atoms with Gasteiger partial charge in [-0.1, -0.05) is 6.07 Å². The van der Waals surface area contributed by atoms with E-state index in [9.17, 15) is 14.4 Å². The first-order valence-electron chi connectivity index (χ1n) is 7.75. The number of hydrogen-bond donors (Lipinski definition) is 2. The van der Waals surface area contributed by atoms with Gasteiger partial charge >= 0.3 is 5.69 Å². The van der Waals surface area contributed by atoms with E-state index in [4.69, 9.17) is 9.47 Å². The maximum absolute atomic E-state index is 12.1. The van der Waals surface area contributed by atoms with E-state index in [-0.39, 0.29) is 24.9 Å². The van der Waals surface area contributed by atoms with Gasteiger partial charge in [0.15, 0.2) is 11.5 Å². The largest absolute Gasteiger partial charge is 0.493 e. The third kappa shape index (κ3) is 4.72. The van der Waals surface area contributed by atoms with Crippen molar-refractivity contribution in [3.05, 3.63) is 56.9 Å². The van der Waals surface area contributed by atoms with Crippen molar-refractivity contribution >= 4 is 5.91 Å². The lowest BCUT2D eigenvalue weighted by molar-refractivity contribution is -0.121. The molecule has 1 unspecified atom stereocenters. The van der Waals surface area contributed by atoms with Gasteiger partial charge < -0.3 is 19.4 Å². The van der Waals surface area contributed by atoms with Crippen LogP contribution in [0.15, 0.2) is 40.1 Å². The highest BCUT2D eigenvalue weighted by atomic mass is 16.5. The zero-order chi connectivity index (χ0) is 18.4. The summed E-state index contributed by atoms with van der Waals surface area (Å²) in [5.41, 5.74) is -0.131. The van der Waals surface area contributed by atoms with E-state index in [0.29, 0.717) is 11.5 Å². The van der Waals surface area contributed by atoms with Crippen molar-refractivity contribution in [1.29, 1.82) is 0 Å². The van der Waals surface area contributed by atoms with Crippen LogP contribution < -0.4 is 26.0 Å². The summed E-state index contributed by atoms with van der Waals surface area (Å²) in [5, 5.41) is 2.86. The molecule has 1 amide bonds. The first-order valence-corrected chi connectivity index (χ1v) is 7.75. The van der Waals surface area contributed by atoms with Crippen molar-refractivity contribution in [2.24, 2.45) is 0 Å². The smallest absolute Gasteiger partial charge is 0.328 e. The zero-order valence-electron chi connectivity index (χ0n) is 14.4. The molecule has 0 bridgehead atoms. The van der Waals surface area contributed by atoms with Gasteiger partial charge in [-0.25, -0.2) is 4.79 Å². The van der Waals surface area contributed by atoms with Crippen LogP contribution in [0.2, 0.25) is 0 Å². The fourth-order valence-electron chi connectivity index (χ4n) is 2.36. The van der Waals surface area contributed by atoms with Gasteiger partial charge in [-0.2, -0.15) is 0 Å². The lowest BCUT2D eigenvalue weighted by Crippen LogP contribution is -2.32. The second-order valence-corrected chi connectivity index (χ2v) is 5.46. The van der Waals surface area contributed by atoms with E-state index < -0.39 is 11.2 Å². The van der Waals surface area contributed by atoms with Crippen LogP contribution in [0.25, 0.3) is 0 Å². The first kappa shape index (κ1) is 18.3. The van der Waals surface area contributed by atoms with Crippen LogP contribution in [0, 0.1) is 0 Å². The minimum atomic E-state index is -0.534. The van der Waals surface area contributed by atoms with Gasteiger partial charge in [-0.05, 0) is 24.6 Å². The monoisotopic (exact) mass is 347 g/mol. The molecule has 8 heteroatoms. The van der Waals surface area contributed by atoms with Crippen molar-refractivity contribution < 1.29 is 14.3 Å². The second kappa shape index (κ2) is 8.18. The quantitative estimate of drug-likeness (QED) is 0.772. The summed E-state index contributed by atoms with van der Waals surface area (Å²) >= 11 is 0. The van der Waals surface area contributed by atoms with Crippen LogP contribution >= 0.6 is 0 Å². The van der Waals surface area contributed by atoms with E-state index in [2.05, 4.69) is 10.3 Å². The number of rotatable bonds is 7. The molecule has 1 aromatic heterocycles. The molecule has 0 spiro atoms. The molecule has 1 heterocycles. The van der Waals surface area contributed by atoms with E-state index >= 15 is 0 Å². The summed E-state index contributed by atoms with van der Waals surface area (Å²) in [6.07, 6.45) is 1.48. The van der Waals surface area contributed by atoms with E-state index in [1.54, 1.807) is 26.4 Å². The van der Waals surface area contributed by atoms with Crippen LogP contribution in [0.4, 0.5) is 0 Å². The van der Waals surface area contributed by atoms with Gasteiger partial charge in [0, 0.05) is 25.2 Å². The standard InChI is InChI=1S/C17H21N3O5/c1-11(12-4-5-13(24-2)14(10-12)25-3)18-15(21)6-8-20-9-7-16(22)19-17(20)23/h4-5,7,9-11H,6,8H2,1-3H3,(H,18,21)(H,19,22,23). The SMILES string of the molecule is COc1ccc(C(C)NC(=O)CCn2ccc(=O)[nH]c2=O)cc1OC. The number of carbonyl (C=O) groups excluding carboxylic acids is 1. The second-order valence-electron chi connectivity index (χ2n) is 5.46. The number of H-pyrrole nitrogens is 1. The van der Waals surface area contributed by atoms with Crippen LogP contribution in [0.1, 0.15) is 24.9 Å². The Morgan fingerprint density at radius 2 is 1.92 bits per heavy atom. The number of hydrogen-bond acceptors (Lipinski definition) is 5. The molecule has 0 saturated carbocycles. The van der Waals surface area contributed by atoms with Crippen molar-refractivity contribution in [3.63, 3.8) is 0 Å². The number of methoxy groups -OCH3 is 2. The number of nitrogens with zero attached hydrogens (tertiary/aromatic N) is 1. The van der Waals surface area contributed by atoms with Crippen LogP contribution in [-0.4, -0.2) is 29.7 Å². The maximum Gasteiger partial charge on any atom is 0.328 e. The summed E-state index contributed by atoms with van der Waals surface area (Å²) in [4.78, 5) is 36.8. The molecule has 134 valence electrons. The average molecular weight is 347 g/mol. The van der Waals surface area contributed by atoms with E-state index in [1.807, 2.05) is 13.0 Å². The third-order valence-electron chi connectivity index (χ3n) is 3.76. The molecular formula is C17H21N3O5. The fourth-order valence-corrected chi connectivity index (χ4v) is 2.36. The number of ether oxygens (including phenoxy) is 2. The Morgan fingerprint density at radius 3 is 2.56 bits per heavy atom. The highest BCUT2D eigenvalue weighted by Crippen LogP contribution is 2.29. The number of aromatic amines is 1. The van der Waals surface area contributed by atoms with Gasteiger partial charge in [-0.15, -0.1) is 0 Å². The molecule has 1 atom stereocenters. The van der Waals surface area contributed by atoms with Crippen molar-refractivity contribution in [2.75, 3.05) is 14.2 Å². The van der Waals surface area contributed by atoms with Gasteiger partial charge in [0.25, 0.3) is 5.56 Å². The normalized spacial score (nSPS) is 11.6. The average Bonchev–Trinajstić information content (AvgIpc) is 2.60. The number of carbonyl (C=O) groups is 1. The van der Waals surface area contributed by atoms with Crippen LogP contribution in [0.3, 0.4) is 0 Å². The van der Waals surface area contributed by atoms with Crippen molar-refractivity contribution in [3.8, 4) is 11.5 Å². The highest BCUT2D eigenvalue weighted by Gasteiger charge is 2.13. The fraction of sp³-hybridized carbons (Fsp3) is 0.353. The van der Waals surface area contributed by atoms with Gasteiger partial charge in [0.05, 0.1) is 20.3 Å². The Labute approximate surface area is 144 Å². The Bertz CT molecular complexity index is 856. The van der Waals surface area contributed by atoms with Gasteiger partial charge in [0.1, 0.15) is 0 Å². The van der Waals surface area contributed by atoms with Gasteiger partial charge in [-0.3, -0.25) is 14.6 Å². The molecule has 25 heavy (non-hydrogen) atoms. The Kier molecular flexibility index (Phi) is 5.99. The molecule has 2 N–H and O–H groups in total. The molecule has 1 aromatic carbocycles. The zero-order valence-corrected chi connectivity index (χ0v) is 14.4. The van der Waals surface area contributed by atoms with Gasteiger partial charge in [0.2, 0.25) is 5.91 Å². The summed E-state index contributed by atoms with van der Waals surface area (Å²) < 4.78 is 11.7. The number of benzene rings is 1. The molecule has 2 rings (SSSR count). The molecular weight excluding hydrogens is 326 g/mol. The topological polar surface area (TPSA) is 102 Å². The maximum atomic E-state index is 12.1. The molecule has 0 aliphatic rings. The molecule has 0 aliphatic carbocycles. The summed E-state index contributed by atoms with van der Waals surface area (Å²) in [7, 11) is 3.11. The minimum absolute atomic E-state index is 0.115. The van der Waals surface area contributed by atoms with Crippen LogP contribution in [-0.2, 0) is 11.3 Å². The Hall–Kier alpha value is -3.03. The Balaban J connectivity index is 1.98. The lowest BCUT2D eigenvalue weighted by atomic mass is 10.1. The predicted molar refractivity (Wildman–Crippen MR) is 92.0 cm³/mol. The summed E-state index contributed by atoms with van der Waals surface area (Å²) in [6, 6.07) is 6.43. The third-order valence-corrected chi connectivity index (χ3v) is 3.76. The molecule has 2 aromatic rings. The number of nitrogens with one attached hydrogen (secondary N) is 2. The predicted octanol–water partition coefficient (Wildman–Crippen LogP) is 0.821. The molecule has 8 nitrogen and oxygen atoms in total. The Morgan fingerprint density at radius 1 is 1.20 bits per heavy atom. The molecule has 0 saturated heterocycles. The lowest BCUT2D eigenvalue weighted by Gasteiger charge is -2.16. The van der Waals surface area contributed by atoms with Crippen LogP contribution in [0.5, 0.6) is 11.5 Å². The minimum Gasteiger partial charge on any atom is -0.493 e. The first-order chi connectivity index (χ1) is 11.9. The molecule has 0 fully saturated rings. The highest BCUT2D eigenvalue weighted by molar-refractivity contribution is 5.76. The van der Waals surface area contributed by atoms with E-state index in [1.165, 1.54) is 16.8 Å². The number of aromatic nitrogens is 2. The summed E-state index contributed by atoms with van der Waals surface area (Å²) in [6.45, 7) is 2.03. The van der Waals surface area contributed by atoms with Crippen molar-refractivity contribution in [2.45, 2.75) is 25.9 Å². The molecule has 0 radical (unpaired) electrons. The van der Waals surface area contributed by atoms with E-state index in [0.717, 1.165) is 5.56 Å². The number of amides is 1. The number of aryl methyl sites for hydroxylation is 1.